The molecular formula is C16H18N4. The first-order valence-electron chi connectivity index (χ1n) is 6.77. The third kappa shape index (κ3) is 2.03. The van der Waals surface area contributed by atoms with Gasteiger partial charge in [-0.3, -0.25) is 0 Å². The van der Waals surface area contributed by atoms with Gasteiger partial charge in [0.25, 0.3) is 0 Å². The summed E-state index contributed by atoms with van der Waals surface area (Å²) >= 11 is 0. The lowest BCUT2D eigenvalue weighted by Gasteiger charge is -2.09. The first kappa shape index (κ1) is 12.7. The second kappa shape index (κ2) is 4.63. The largest absolute Gasteiger partial charge is 0.383 e. The van der Waals surface area contributed by atoms with Crippen LogP contribution in [0.25, 0.3) is 16.8 Å². The number of rotatable bonds is 2. The summed E-state index contributed by atoms with van der Waals surface area (Å²) in [6.45, 7) is 6.30. The van der Waals surface area contributed by atoms with Crippen molar-refractivity contribution in [1.82, 2.24) is 14.6 Å². The summed E-state index contributed by atoms with van der Waals surface area (Å²) in [6, 6.07) is 10.4. The molecule has 2 heterocycles. The molecule has 2 aromatic heterocycles. The van der Waals surface area contributed by atoms with Crippen LogP contribution in [-0.2, 0) is 0 Å². The molecule has 0 saturated carbocycles. The van der Waals surface area contributed by atoms with E-state index in [4.69, 9.17) is 5.73 Å². The summed E-state index contributed by atoms with van der Waals surface area (Å²) in [5.41, 5.74) is 11.2. The van der Waals surface area contributed by atoms with Gasteiger partial charge in [-0.25, -0.2) is 4.98 Å². The molecule has 0 unspecified atom stereocenters. The Morgan fingerprint density at radius 1 is 1.15 bits per heavy atom. The number of nitrogens with two attached hydrogens (primary N) is 1. The van der Waals surface area contributed by atoms with E-state index in [0.29, 0.717) is 11.7 Å². The fraction of sp³-hybridized carbons (Fsp3) is 0.250. The van der Waals surface area contributed by atoms with Gasteiger partial charge < -0.3 is 5.73 Å². The molecule has 0 fully saturated rings. The Morgan fingerprint density at radius 3 is 2.50 bits per heavy atom. The van der Waals surface area contributed by atoms with E-state index in [1.807, 2.05) is 19.2 Å². The molecule has 0 aliphatic carbocycles. The predicted molar refractivity (Wildman–Crippen MR) is 81.7 cm³/mol. The number of nitrogens with zero attached hydrogens (tertiary/aromatic N) is 3. The average Bonchev–Trinajstić information content (AvgIpc) is 2.81. The van der Waals surface area contributed by atoms with Gasteiger partial charge in [0, 0.05) is 17.8 Å². The van der Waals surface area contributed by atoms with Gasteiger partial charge >= 0.3 is 0 Å². The smallest absolute Gasteiger partial charge is 0.157 e. The van der Waals surface area contributed by atoms with E-state index in [0.717, 1.165) is 22.5 Å². The van der Waals surface area contributed by atoms with Crippen LogP contribution in [0.15, 0.2) is 36.5 Å². The first-order valence-corrected chi connectivity index (χ1v) is 6.77. The number of hydrogen-bond acceptors (Lipinski definition) is 3. The van der Waals surface area contributed by atoms with Gasteiger partial charge in [0.05, 0.1) is 5.69 Å². The summed E-state index contributed by atoms with van der Waals surface area (Å²) in [7, 11) is 0. The van der Waals surface area contributed by atoms with Crippen LogP contribution >= 0.6 is 0 Å². The zero-order chi connectivity index (χ0) is 14.3. The molecule has 102 valence electrons. The Bertz CT molecular complexity index is 754. The minimum absolute atomic E-state index is 0.524. The van der Waals surface area contributed by atoms with E-state index in [-0.39, 0.29) is 0 Å². The fourth-order valence-electron chi connectivity index (χ4n) is 2.34. The van der Waals surface area contributed by atoms with Crippen LogP contribution in [-0.4, -0.2) is 14.6 Å². The number of nitrogen functional groups attached to an aromatic ring is 1. The van der Waals surface area contributed by atoms with Crippen molar-refractivity contribution < 1.29 is 0 Å². The van der Waals surface area contributed by atoms with E-state index in [9.17, 15) is 0 Å². The van der Waals surface area contributed by atoms with Crippen LogP contribution in [0.4, 0.5) is 5.82 Å². The molecule has 4 nitrogen and oxygen atoms in total. The van der Waals surface area contributed by atoms with E-state index < -0.39 is 0 Å². The Morgan fingerprint density at radius 2 is 1.85 bits per heavy atom. The van der Waals surface area contributed by atoms with Crippen molar-refractivity contribution >= 4 is 11.5 Å². The van der Waals surface area contributed by atoms with Gasteiger partial charge in [0.1, 0.15) is 5.82 Å². The number of benzene rings is 1. The standard InChI is InChI=1S/C16H18N4/c1-10(2)12-4-6-13(7-5-12)14-9-18-15-8-11(3)19-20(15)16(14)17/h4-10H,17H2,1-3H3. The van der Waals surface area contributed by atoms with Crippen LogP contribution in [0.3, 0.4) is 0 Å². The lowest BCUT2D eigenvalue weighted by molar-refractivity contribution is 0.867. The van der Waals surface area contributed by atoms with E-state index in [1.54, 1.807) is 4.52 Å². The molecule has 0 radical (unpaired) electrons. The summed E-state index contributed by atoms with van der Waals surface area (Å²) in [5.74, 6) is 1.15. The minimum atomic E-state index is 0.524. The van der Waals surface area contributed by atoms with Gasteiger partial charge in [0.15, 0.2) is 5.65 Å². The van der Waals surface area contributed by atoms with Gasteiger partial charge in [-0.2, -0.15) is 9.61 Å². The molecule has 0 saturated heterocycles. The highest BCUT2D eigenvalue weighted by atomic mass is 15.3. The SMILES string of the molecule is Cc1cc2ncc(-c3ccc(C(C)C)cc3)c(N)n2n1. The highest BCUT2D eigenvalue weighted by molar-refractivity contribution is 5.75. The van der Waals surface area contributed by atoms with E-state index >= 15 is 0 Å². The molecule has 2 N–H and O–H groups in total. The van der Waals surface area contributed by atoms with Gasteiger partial charge in [-0.15, -0.1) is 0 Å². The number of aryl methyl sites for hydroxylation is 1. The van der Waals surface area contributed by atoms with Crippen molar-refractivity contribution in [3.63, 3.8) is 0 Å². The molecule has 0 aliphatic rings. The molecule has 3 rings (SSSR count). The molecule has 0 bridgehead atoms. The fourth-order valence-corrected chi connectivity index (χ4v) is 2.34. The molecule has 0 atom stereocenters. The topological polar surface area (TPSA) is 56.2 Å². The normalized spacial score (nSPS) is 11.4. The zero-order valence-corrected chi connectivity index (χ0v) is 12.0. The number of anilines is 1. The maximum atomic E-state index is 6.22. The quantitative estimate of drug-likeness (QED) is 0.773. The van der Waals surface area contributed by atoms with Crippen molar-refractivity contribution in [2.24, 2.45) is 0 Å². The Balaban J connectivity index is 2.11. The van der Waals surface area contributed by atoms with Crippen molar-refractivity contribution in [3.8, 4) is 11.1 Å². The third-order valence-corrected chi connectivity index (χ3v) is 3.53. The van der Waals surface area contributed by atoms with Crippen LogP contribution < -0.4 is 5.73 Å². The molecule has 0 aliphatic heterocycles. The van der Waals surface area contributed by atoms with Crippen molar-refractivity contribution in [2.45, 2.75) is 26.7 Å². The van der Waals surface area contributed by atoms with Crippen LogP contribution in [0.5, 0.6) is 0 Å². The number of aromatic nitrogens is 3. The lowest BCUT2D eigenvalue weighted by Crippen LogP contribution is -2.02. The average molecular weight is 266 g/mol. The minimum Gasteiger partial charge on any atom is -0.383 e. The number of hydrogen-bond donors (Lipinski definition) is 1. The van der Waals surface area contributed by atoms with Crippen LogP contribution in [0.2, 0.25) is 0 Å². The molecule has 0 spiro atoms. The first-order chi connectivity index (χ1) is 9.56. The molecule has 1 aromatic carbocycles. The molecule has 20 heavy (non-hydrogen) atoms. The monoisotopic (exact) mass is 266 g/mol. The molecule has 0 amide bonds. The Kier molecular flexibility index (Phi) is 2.93. The second-order valence-corrected chi connectivity index (χ2v) is 5.39. The highest BCUT2D eigenvalue weighted by Gasteiger charge is 2.10. The van der Waals surface area contributed by atoms with Gasteiger partial charge in [-0.1, -0.05) is 38.1 Å². The van der Waals surface area contributed by atoms with Crippen LogP contribution in [0.1, 0.15) is 31.0 Å². The second-order valence-electron chi connectivity index (χ2n) is 5.39. The maximum absolute atomic E-state index is 6.22. The van der Waals surface area contributed by atoms with E-state index in [2.05, 4.69) is 48.2 Å². The lowest BCUT2D eigenvalue weighted by atomic mass is 10.00. The predicted octanol–water partition coefficient (Wildman–Crippen LogP) is 3.41. The van der Waals surface area contributed by atoms with Gasteiger partial charge in [0.2, 0.25) is 0 Å². The van der Waals surface area contributed by atoms with Crippen molar-refractivity contribution in [1.29, 1.82) is 0 Å². The van der Waals surface area contributed by atoms with E-state index in [1.165, 1.54) is 5.56 Å². The van der Waals surface area contributed by atoms with Crippen molar-refractivity contribution in [3.05, 3.63) is 47.8 Å². The van der Waals surface area contributed by atoms with Crippen molar-refractivity contribution in [2.75, 3.05) is 5.73 Å². The number of fused-ring (bicyclic) bond motifs is 1. The summed E-state index contributed by atoms with van der Waals surface area (Å²) in [6.07, 6.45) is 1.82. The summed E-state index contributed by atoms with van der Waals surface area (Å²) in [5, 5.41) is 4.37. The molecular weight excluding hydrogens is 248 g/mol. The molecule has 4 heteroatoms. The Hall–Kier alpha value is -2.36. The van der Waals surface area contributed by atoms with Gasteiger partial charge in [-0.05, 0) is 24.0 Å². The Labute approximate surface area is 118 Å². The van der Waals surface area contributed by atoms with Crippen LogP contribution in [0, 0.1) is 6.92 Å². The summed E-state index contributed by atoms with van der Waals surface area (Å²) in [4.78, 5) is 4.42. The summed E-state index contributed by atoms with van der Waals surface area (Å²) < 4.78 is 1.70. The third-order valence-electron chi connectivity index (χ3n) is 3.53. The highest BCUT2D eigenvalue weighted by Crippen LogP contribution is 2.27. The zero-order valence-electron chi connectivity index (χ0n) is 12.0. The molecule has 3 aromatic rings. The maximum Gasteiger partial charge on any atom is 0.157 e.